The smallest absolute Gasteiger partial charge is 0.223 e. The summed E-state index contributed by atoms with van der Waals surface area (Å²) in [7, 11) is 3.48. The predicted molar refractivity (Wildman–Crippen MR) is 66.3 cm³/mol. The number of nitrogens with zero attached hydrogens (tertiary/aromatic N) is 1. The first-order valence-corrected chi connectivity index (χ1v) is 5.75. The summed E-state index contributed by atoms with van der Waals surface area (Å²) in [6, 6.07) is 6.75. The zero-order chi connectivity index (χ0) is 12.7. The molecule has 0 aliphatic heterocycles. The van der Waals surface area contributed by atoms with E-state index in [0.717, 1.165) is 0 Å². The Hall–Kier alpha value is -1.42. The minimum absolute atomic E-state index is 0.100. The molecule has 17 heavy (non-hydrogen) atoms. The van der Waals surface area contributed by atoms with E-state index in [2.05, 4.69) is 5.32 Å². The number of nitrogens with one attached hydrogen (secondary N) is 1. The molecular weight excluding hydrogens is 219 g/mol. The highest BCUT2D eigenvalue weighted by molar-refractivity contribution is 5.75. The van der Waals surface area contributed by atoms with Gasteiger partial charge in [0.15, 0.2) is 0 Å². The van der Waals surface area contributed by atoms with Gasteiger partial charge in [-0.1, -0.05) is 18.2 Å². The highest BCUT2D eigenvalue weighted by atomic mass is 19.1. The number of hydrogen-bond donors (Lipinski definition) is 1. The van der Waals surface area contributed by atoms with Crippen molar-refractivity contribution in [1.29, 1.82) is 0 Å². The van der Waals surface area contributed by atoms with E-state index in [4.69, 9.17) is 0 Å². The Bertz CT molecular complexity index is 366. The molecule has 94 valence electrons. The van der Waals surface area contributed by atoms with E-state index in [0.29, 0.717) is 31.5 Å². The van der Waals surface area contributed by atoms with Crippen LogP contribution in [0, 0.1) is 5.82 Å². The highest BCUT2D eigenvalue weighted by Crippen LogP contribution is 2.05. The minimum atomic E-state index is -0.168. The summed E-state index contributed by atoms with van der Waals surface area (Å²) < 4.78 is 13.2. The zero-order valence-electron chi connectivity index (χ0n) is 10.4. The molecule has 0 aliphatic rings. The van der Waals surface area contributed by atoms with Crippen molar-refractivity contribution in [3.63, 3.8) is 0 Å². The average Bonchev–Trinajstić information content (AvgIpc) is 2.30. The third-order valence-corrected chi connectivity index (χ3v) is 2.54. The first-order valence-electron chi connectivity index (χ1n) is 5.75. The fourth-order valence-corrected chi connectivity index (χ4v) is 1.47. The van der Waals surface area contributed by atoms with E-state index < -0.39 is 0 Å². The fraction of sp³-hybridized carbons (Fsp3) is 0.462. The van der Waals surface area contributed by atoms with E-state index in [1.165, 1.54) is 6.07 Å². The van der Waals surface area contributed by atoms with Crippen LogP contribution < -0.4 is 5.32 Å². The van der Waals surface area contributed by atoms with Gasteiger partial charge in [-0.2, -0.15) is 0 Å². The number of benzene rings is 1. The molecule has 1 aromatic rings. The summed E-state index contributed by atoms with van der Waals surface area (Å²) in [5.74, 6) is -0.0675. The van der Waals surface area contributed by atoms with E-state index in [1.54, 1.807) is 31.1 Å². The summed E-state index contributed by atoms with van der Waals surface area (Å²) >= 11 is 0. The minimum Gasteiger partial charge on any atom is -0.349 e. The molecule has 0 spiro atoms. The van der Waals surface area contributed by atoms with Crippen molar-refractivity contribution in [3.05, 3.63) is 35.6 Å². The number of rotatable bonds is 6. The van der Waals surface area contributed by atoms with Crippen LogP contribution in [-0.2, 0) is 11.2 Å². The molecule has 0 atom stereocenters. The van der Waals surface area contributed by atoms with Crippen molar-refractivity contribution in [2.75, 3.05) is 27.2 Å². The molecule has 0 aromatic heterocycles. The number of amides is 1. The number of hydrogen-bond acceptors (Lipinski definition) is 2. The van der Waals surface area contributed by atoms with E-state index >= 15 is 0 Å². The molecule has 1 rings (SSSR count). The Labute approximate surface area is 102 Å². The Balaban J connectivity index is 2.17. The van der Waals surface area contributed by atoms with Crippen LogP contribution in [0.25, 0.3) is 0 Å². The van der Waals surface area contributed by atoms with Gasteiger partial charge in [-0.15, -0.1) is 0 Å². The van der Waals surface area contributed by atoms with Crippen LogP contribution in [0.4, 0.5) is 4.39 Å². The third-order valence-electron chi connectivity index (χ3n) is 2.54. The van der Waals surface area contributed by atoms with Gasteiger partial charge in [0.25, 0.3) is 0 Å². The summed E-state index contributed by atoms with van der Waals surface area (Å²) in [6.45, 7) is 1.31. The molecular formula is C13H19FN2O. The van der Waals surface area contributed by atoms with Gasteiger partial charge >= 0.3 is 0 Å². The van der Waals surface area contributed by atoms with Crippen LogP contribution in [0.3, 0.4) is 0 Å². The Morgan fingerprint density at radius 3 is 2.65 bits per heavy atom. The summed E-state index contributed by atoms with van der Waals surface area (Å²) in [4.78, 5) is 12.8. The van der Waals surface area contributed by atoms with Crippen molar-refractivity contribution in [1.82, 2.24) is 10.2 Å². The molecule has 0 saturated carbocycles. The quantitative estimate of drug-likeness (QED) is 0.761. The molecule has 0 radical (unpaired) electrons. The van der Waals surface area contributed by atoms with Crippen LogP contribution in [0.2, 0.25) is 0 Å². The lowest BCUT2D eigenvalue weighted by Crippen LogP contribution is -2.27. The fourth-order valence-electron chi connectivity index (χ4n) is 1.47. The van der Waals surface area contributed by atoms with E-state index in [1.807, 2.05) is 6.07 Å². The van der Waals surface area contributed by atoms with E-state index in [9.17, 15) is 9.18 Å². The molecule has 1 aromatic carbocycles. The second kappa shape index (κ2) is 7.01. The van der Waals surface area contributed by atoms with Crippen LogP contribution in [0.1, 0.15) is 12.0 Å². The molecule has 0 fully saturated rings. The number of carbonyl (C=O) groups is 1. The lowest BCUT2D eigenvalue weighted by molar-refractivity contribution is -0.128. The lowest BCUT2D eigenvalue weighted by Gasteiger charge is -2.10. The Kier molecular flexibility index (Phi) is 5.63. The van der Waals surface area contributed by atoms with Gasteiger partial charge in [-0.05, 0) is 24.6 Å². The third kappa shape index (κ3) is 4.95. The molecule has 0 unspecified atom stereocenters. The van der Waals surface area contributed by atoms with Crippen molar-refractivity contribution in [2.24, 2.45) is 0 Å². The molecule has 1 amide bonds. The van der Waals surface area contributed by atoms with Crippen LogP contribution in [-0.4, -0.2) is 38.0 Å². The monoisotopic (exact) mass is 238 g/mol. The lowest BCUT2D eigenvalue weighted by atomic mass is 10.1. The van der Waals surface area contributed by atoms with Crippen molar-refractivity contribution >= 4 is 5.91 Å². The first kappa shape index (κ1) is 13.6. The second-order valence-corrected chi connectivity index (χ2v) is 4.13. The predicted octanol–water partition coefficient (Wildman–Crippen LogP) is 1.44. The van der Waals surface area contributed by atoms with Gasteiger partial charge in [0.05, 0.1) is 0 Å². The maximum absolute atomic E-state index is 13.2. The SMILES string of the molecule is CN(C)C(=O)CCNCCc1ccccc1F. The number of carbonyl (C=O) groups excluding carboxylic acids is 1. The molecule has 0 bridgehead atoms. The van der Waals surface area contributed by atoms with Gasteiger partial charge in [0.1, 0.15) is 5.82 Å². The van der Waals surface area contributed by atoms with Crippen molar-refractivity contribution in [3.8, 4) is 0 Å². The Morgan fingerprint density at radius 2 is 2.00 bits per heavy atom. The van der Waals surface area contributed by atoms with Gasteiger partial charge in [0, 0.05) is 27.1 Å². The average molecular weight is 238 g/mol. The van der Waals surface area contributed by atoms with Crippen molar-refractivity contribution in [2.45, 2.75) is 12.8 Å². The van der Waals surface area contributed by atoms with Gasteiger partial charge in [-0.3, -0.25) is 4.79 Å². The molecule has 0 heterocycles. The van der Waals surface area contributed by atoms with Crippen LogP contribution >= 0.6 is 0 Å². The first-order chi connectivity index (χ1) is 8.11. The summed E-state index contributed by atoms with van der Waals surface area (Å²) in [5, 5.41) is 3.13. The molecule has 4 heteroatoms. The van der Waals surface area contributed by atoms with E-state index in [-0.39, 0.29) is 11.7 Å². The van der Waals surface area contributed by atoms with Crippen molar-refractivity contribution < 1.29 is 9.18 Å². The normalized spacial score (nSPS) is 10.3. The van der Waals surface area contributed by atoms with Gasteiger partial charge < -0.3 is 10.2 Å². The second-order valence-electron chi connectivity index (χ2n) is 4.13. The molecule has 1 N–H and O–H groups in total. The molecule has 0 saturated heterocycles. The van der Waals surface area contributed by atoms with Gasteiger partial charge in [0.2, 0.25) is 5.91 Å². The molecule has 0 aliphatic carbocycles. The van der Waals surface area contributed by atoms with Crippen LogP contribution in [0.15, 0.2) is 24.3 Å². The van der Waals surface area contributed by atoms with Gasteiger partial charge in [-0.25, -0.2) is 4.39 Å². The maximum atomic E-state index is 13.2. The number of halogens is 1. The highest BCUT2D eigenvalue weighted by Gasteiger charge is 2.03. The molecule has 3 nitrogen and oxygen atoms in total. The van der Waals surface area contributed by atoms with Crippen LogP contribution in [0.5, 0.6) is 0 Å². The Morgan fingerprint density at radius 1 is 1.29 bits per heavy atom. The topological polar surface area (TPSA) is 32.3 Å². The largest absolute Gasteiger partial charge is 0.349 e. The maximum Gasteiger partial charge on any atom is 0.223 e. The zero-order valence-corrected chi connectivity index (χ0v) is 10.4. The summed E-state index contributed by atoms with van der Waals surface area (Å²) in [6.07, 6.45) is 1.12. The summed E-state index contributed by atoms with van der Waals surface area (Å²) in [5.41, 5.74) is 0.707. The standard InChI is InChI=1S/C13H19FN2O/c1-16(2)13(17)8-10-15-9-7-11-5-3-4-6-12(11)14/h3-6,15H,7-10H2,1-2H3.